The Morgan fingerprint density at radius 1 is 1.17 bits per heavy atom. The second-order valence-electron chi connectivity index (χ2n) is 11.8. The summed E-state index contributed by atoms with van der Waals surface area (Å²) in [6, 6.07) is 6.70. The Kier molecular flexibility index (Phi) is 9.52. The summed E-state index contributed by atoms with van der Waals surface area (Å²) in [5.74, 6) is -1.49. The molecule has 8 nitrogen and oxygen atoms in total. The minimum Gasteiger partial charge on any atom is -0.481 e. The quantitative estimate of drug-likeness (QED) is 0.366. The highest BCUT2D eigenvalue weighted by Gasteiger charge is 2.60. The first kappa shape index (κ1) is 31.7. The average Bonchev–Trinajstić information content (AvgIpc) is 3.58. The monoisotopic (exact) mass is 592 g/mol. The molecule has 5 atom stereocenters. The Hall–Kier alpha value is -3.18. The van der Waals surface area contributed by atoms with E-state index in [1.807, 2.05) is 52.0 Å². The van der Waals surface area contributed by atoms with Gasteiger partial charge in [0.15, 0.2) is 0 Å². The largest absolute Gasteiger partial charge is 0.481 e. The molecule has 2 aliphatic rings. The third-order valence-corrected chi connectivity index (χ3v) is 7.98. The van der Waals surface area contributed by atoms with E-state index in [9.17, 15) is 22.8 Å². The van der Waals surface area contributed by atoms with Crippen molar-refractivity contribution >= 4 is 11.9 Å². The van der Waals surface area contributed by atoms with Crippen LogP contribution in [0, 0.1) is 18.3 Å². The van der Waals surface area contributed by atoms with Gasteiger partial charge in [0.05, 0.1) is 38.0 Å². The van der Waals surface area contributed by atoms with Crippen LogP contribution in [0.25, 0.3) is 0 Å². The van der Waals surface area contributed by atoms with Gasteiger partial charge in [-0.15, -0.1) is 0 Å². The first-order valence-corrected chi connectivity index (χ1v) is 14.2. The summed E-state index contributed by atoms with van der Waals surface area (Å²) in [5.41, 5.74) is 0.210. The van der Waals surface area contributed by atoms with E-state index in [1.54, 1.807) is 11.8 Å². The normalized spacial score (nSPS) is 24.6. The molecule has 2 fully saturated rings. The molecule has 0 N–H and O–H groups in total. The molecule has 0 radical (unpaired) electrons. The van der Waals surface area contributed by atoms with Gasteiger partial charge in [-0.05, 0) is 49.3 Å². The van der Waals surface area contributed by atoms with Crippen LogP contribution in [0.5, 0.6) is 5.88 Å². The summed E-state index contributed by atoms with van der Waals surface area (Å²) >= 11 is 0. The number of carbonyl (C=O) groups is 2. The molecule has 0 bridgehead atoms. The number of aryl methyl sites for hydroxylation is 1. The SMILES string of the molecule is CCOC(=O)[C@@H]1[C@@H](C(C)(C)C)[C@H](OCc2cc(C(F)(F)F)cnc2OC)[C@H](c2ccccc2C)N1C(=O)[C@@H]1CCCO1. The number of carbonyl (C=O) groups excluding carboxylic acids is 2. The van der Waals surface area contributed by atoms with Crippen LogP contribution in [0.3, 0.4) is 0 Å². The zero-order valence-corrected chi connectivity index (χ0v) is 24.9. The third-order valence-electron chi connectivity index (χ3n) is 7.98. The second-order valence-corrected chi connectivity index (χ2v) is 11.8. The highest BCUT2D eigenvalue weighted by Crippen LogP contribution is 2.51. The van der Waals surface area contributed by atoms with E-state index in [0.717, 1.165) is 17.2 Å². The Morgan fingerprint density at radius 3 is 2.45 bits per heavy atom. The Balaban J connectivity index is 1.87. The first-order valence-electron chi connectivity index (χ1n) is 14.2. The van der Waals surface area contributed by atoms with Crippen LogP contribution < -0.4 is 4.74 Å². The van der Waals surface area contributed by atoms with Crippen molar-refractivity contribution in [1.29, 1.82) is 0 Å². The number of amides is 1. The molecule has 0 aliphatic carbocycles. The van der Waals surface area contributed by atoms with Gasteiger partial charge in [-0.2, -0.15) is 13.2 Å². The van der Waals surface area contributed by atoms with Gasteiger partial charge in [0.25, 0.3) is 5.91 Å². The molecule has 1 amide bonds. The number of aromatic nitrogens is 1. The van der Waals surface area contributed by atoms with E-state index in [-0.39, 0.29) is 30.6 Å². The van der Waals surface area contributed by atoms with Crippen molar-refractivity contribution in [3.63, 3.8) is 0 Å². The predicted molar refractivity (Wildman–Crippen MR) is 147 cm³/mol. The van der Waals surface area contributed by atoms with Crippen LogP contribution >= 0.6 is 0 Å². The summed E-state index contributed by atoms with van der Waals surface area (Å²) in [5, 5.41) is 0. The van der Waals surface area contributed by atoms with Gasteiger partial charge >= 0.3 is 12.1 Å². The fourth-order valence-electron chi connectivity index (χ4n) is 6.11. The molecule has 3 heterocycles. The maximum atomic E-state index is 14.2. The summed E-state index contributed by atoms with van der Waals surface area (Å²) in [7, 11) is 1.32. The van der Waals surface area contributed by atoms with Crippen molar-refractivity contribution in [3.8, 4) is 5.88 Å². The highest BCUT2D eigenvalue weighted by molar-refractivity contribution is 5.89. The van der Waals surface area contributed by atoms with Crippen LogP contribution in [0.15, 0.2) is 36.5 Å². The number of alkyl halides is 3. The number of benzene rings is 1. The maximum absolute atomic E-state index is 14.2. The van der Waals surface area contributed by atoms with E-state index >= 15 is 0 Å². The van der Waals surface area contributed by atoms with Gasteiger partial charge in [0.1, 0.15) is 12.1 Å². The molecule has 0 saturated carbocycles. The number of hydrogen-bond acceptors (Lipinski definition) is 7. The molecule has 230 valence electrons. The Labute approximate surface area is 244 Å². The lowest BCUT2D eigenvalue weighted by molar-refractivity contribution is -0.160. The summed E-state index contributed by atoms with van der Waals surface area (Å²) < 4.78 is 63.8. The molecule has 1 aromatic heterocycles. The highest BCUT2D eigenvalue weighted by atomic mass is 19.4. The van der Waals surface area contributed by atoms with Crippen LogP contribution in [-0.4, -0.2) is 60.3 Å². The molecule has 2 saturated heterocycles. The van der Waals surface area contributed by atoms with Gasteiger partial charge in [0.2, 0.25) is 5.88 Å². The fourth-order valence-corrected chi connectivity index (χ4v) is 6.11. The molecule has 42 heavy (non-hydrogen) atoms. The number of hydrogen-bond donors (Lipinski definition) is 0. The third kappa shape index (κ3) is 6.41. The summed E-state index contributed by atoms with van der Waals surface area (Å²) in [6.07, 6.45) is -4.19. The van der Waals surface area contributed by atoms with Gasteiger partial charge in [-0.3, -0.25) is 4.79 Å². The van der Waals surface area contributed by atoms with Gasteiger partial charge < -0.3 is 23.8 Å². The molecule has 11 heteroatoms. The van der Waals surface area contributed by atoms with Crippen LogP contribution in [-0.2, 0) is 36.6 Å². The predicted octanol–water partition coefficient (Wildman–Crippen LogP) is 5.66. The minimum absolute atomic E-state index is 0.00465. The molecular weight excluding hydrogens is 553 g/mol. The molecule has 0 unspecified atom stereocenters. The van der Waals surface area contributed by atoms with Crippen molar-refractivity contribution in [1.82, 2.24) is 9.88 Å². The van der Waals surface area contributed by atoms with Gasteiger partial charge in [0, 0.05) is 24.3 Å². The van der Waals surface area contributed by atoms with Gasteiger partial charge in [-0.25, -0.2) is 9.78 Å². The standard InChI is InChI=1S/C31H39F3N2O6/c1-7-40-29(38)25-23(30(3,4)5)26(42-17-19-15-20(31(32,33)34)16-35-27(19)39-6)24(21-12-9-8-11-18(21)2)36(25)28(37)22-13-10-14-41-22/h8-9,11-12,15-16,22-26H,7,10,13-14,17H2,1-6H3/t22-,23+,24-,25-,26-/m0/s1. The smallest absolute Gasteiger partial charge is 0.417 e. The van der Waals surface area contributed by atoms with E-state index in [2.05, 4.69) is 4.98 Å². The number of likely N-dealkylation sites (tertiary alicyclic amines) is 1. The fraction of sp³-hybridized carbons (Fsp3) is 0.581. The number of esters is 1. The Bertz CT molecular complexity index is 1270. The van der Waals surface area contributed by atoms with Crippen LogP contribution in [0.1, 0.15) is 68.8 Å². The van der Waals surface area contributed by atoms with Crippen molar-refractivity contribution in [3.05, 3.63) is 58.8 Å². The number of methoxy groups -OCH3 is 1. The number of ether oxygens (including phenoxy) is 4. The zero-order chi connectivity index (χ0) is 30.8. The lowest BCUT2D eigenvalue weighted by atomic mass is 9.73. The first-order chi connectivity index (χ1) is 19.8. The lowest BCUT2D eigenvalue weighted by Crippen LogP contribution is -2.50. The van der Waals surface area contributed by atoms with Crippen molar-refractivity contribution in [2.45, 2.75) is 84.5 Å². The molecule has 1 aromatic carbocycles. The minimum atomic E-state index is -4.61. The van der Waals surface area contributed by atoms with Crippen molar-refractivity contribution in [2.75, 3.05) is 20.3 Å². The van der Waals surface area contributed by atoms with E-state index < -0.39 is 53.3 Å². The summed E-state index contributed by atoms with van der Waals surface area (Å²) in [6.45, 7) is 9.70. The molecular formula is C31H39F3N2O6. The lowest BCUT2D eigenvalue weighted by Gasteiger charge is -2.35. The molecule has 4 rings (SSSR count). The Morgan fingerprint density at radius 2 is 1.88 bits per heavy atom. The van der Waals surface area contributed by atoms with Crippen molar-refractivity contribution in [2.24, 2.45) is 11.3 Å². The van der Waals surface area contributed by atoms with Crippen LogP contribution in [0.2, 0.25) is 0 Å². The van der Waals surface area contributed by atoms with E-state index in [4.69, 9.17) is 18.9 Å². The van der Waals surface area contributed by atoms with Crippen LogP contribution in [0.4, 0.5) is 13.2 Å². The van der Waals surface area contributed by atoms with Crippen molar-refractivity contribution < 1.29 is 41.7 Å². The number of rotatable bonds is 8. The van der Waals surface area contributed by atoms with E-state index in [0.29, 0.717) is 25.6 Å². The van der Waals surface area contributed by atoms with Gasteiger partial charge in [-0.1, -0.05) is 45.0 Å². The number of nitrogens with zero attached hydrogens (tertiary/aromatic N) is 2. The molecule has 2 aliphatic heterocycles. The zero-order valence-electron chi connectivity index (χ0n) is 24.9. The average molecular weight is 593 g/mol. The number of pyridine rings is 1. The van der Waals surface area contributed by atoms with E-state index in [1.165, 1.54) is 7.11 Å². The molecule has 0 spiro atoms. The molecule has 2 aromatic rings. The topological polar surface area (TPSA) is 87.2 Å². The maximum Gasteiger partial charge on any atom is 0.417 e. The second kappa shape index (κ2) is 12.6. The number of halogens is 3. The summed E-state index contributed by atoms with van der Waals surface area (Å²) in [4.78, 5) is 33.3.